The number of imidazole rings is 1. The molecule has 74 valence electrons. The number of fused-ring (bicyclic) bond motifs is 1. The number of pyridine rings is 1. The van der Waals surface area contributed by atoms with E-state index in [1.54, 1.807) is 0 Å². The first kappa shape index (κ1) is 9.19. The Balaban J connectivity index is 2.80. The van der Waals surface area contributed by atoms with Crippen molar-refractivity contribution in [1.82, 2.24) is 9.55 Å². The van der Waals surface area contributed by atoms with Crippen LogP contribution < -0.4 is 4.57 Å². The second kappa shape index (κ2) is 2.80. The van der Waals surface area contributed by atoms with Gasteiger partial charge in [0.1, 0.15) is 5.54 Å². The fourth-order valence-electron chi connectivity index (χ4n) is 1.63. The topological polar surface area (TPSA) is 21.7 Å². The summed E-state index contributed by atoms with van der Waals surface area (Å²) in [6.45, 7) is 6.54. The van der Waals surface area contributed by atoms with Crippen molar-refractivity contribution < 1.29 is 4.57 Å². The van der Waals surface area contributed by atoms with Crippen LogP contribution in [0.5, 0.6) is 0 Å². The average Bonchev–Trinajstić information content (AvgIpc) is 2.44. The molecular formula is C11H16N3+. The minimum absolute atomic E-state index is 0.0772. The third-order valence-corrected chi connectivity index (χ3v) is 2.39. The van der Waals surface area contributed by atoms with Gasteiger partial charge in [0.15, 0.2) is 5.52 Å². The summed E-state index contributed by atoms with van der Waals surface area (Å²) < 4.78 is 4.30. The van der Waals surface area contributed by atoms with E-state index in [0.29, 0.717) is 0 Å². The summed E-state index contributed by atoms with van der Waals surface area (Å²) >= 11 is 0. The van der Waals surface area contributed by atoms with E-state index in [4.69, 9.17) is 0 Å². The normalized spacial score (nSPS) is 12.3. The highest BCUT2D eigenvalue weighted by Gasteiger charge is 2.24. The standard InChI is InChI=1S/C11H16N3/c1-11(2,3)14-8-13(4)9-6-5-7-12-10(9)14/h5-8H,1-4H3/q+1. The molecule has 2 aromatic rings. The van der Waals surface area contributed by atoms with Gasteiger partial charge in [-0.1, -0.05) is 0 Å². The van der Waals surface area contributed by atoms with Crippen LogP contribution in [0.1, 0.15) is 20.8 Å². The fraction of sp³-hybridized carbons (Fsp3) is 0.455. The van der Waals surface area contributed by atoms with E-state index in [1.165, 1.54) is 5.52 Å². The predicted molar refractivity (Wildman–Crippen MR) is 55.9 cm³/mol. The van der Waals surface area contributed by atoms with E-state index >= 15 is 0 Å². The fourth-order valence-corrected chi connectivity index (χ4v) is 1.63. The van der Waals surface area contributed by atoms with Gasteiger partial charge in [-0.3, -0.25) is 0 Å². The molecule has 0 atom stereocenters. The SMILES string of the molecule is C[n+]1cn(C(C)(C)C)c2ncccc21. The molecule has 2 rings (SSSR count). The summed E-state index contributed by atoms with van der Waals surface area (Å²) in [6, 6.07) is 4.06. The van der Waals surface area contributed by atoms with Gasteiger partial charge in [0.05, 0.1) is 7.05 Å². The molecule has 0 fully saturated rings. The largest absolute Gasteiger partial charge is 0.268 e. The molecule has 0 saturated carbocycles. The van der Waals surface area contributed by atoms with Crippen molar-refractivity contribution in [3.63, 3.8) is 0 Å². The van der Waals surface area contributed by atoms with Crippen LogP contribution in [0.4, 0.5) is 0 Å². The number of nitrogens with zero attached hydrogens (tertiary/aromatic N) is 3. The Bertz CT molecular complexity index is 463. The van der Waals surface area contributed by atoms with Gasteiger partial charge in [-0.25, -0.2) is 14.1 Å². The van der Waals surface area contributed by atoms with Crippen LogP contribution in [0.15, 0.2) is 24.7 Å². The monoisotopic (exact) mass is 190 g/mol. The minimum atomic E-state index is 0.0772. The predicted octanol–water partition coefficient (Wildman–Crippen LogP) is 1.62. The summed E-state index contributed by atoms with van der Waals surface area (Å²) in [6.07, 6.45) is 3.93. The Morgan fingerprint density at radius 1 is 1.36 bits per heavy atom. The van der Waals surface area contributed by atoms with Gasteiger partial charge in [0, 0.05) is 6.20 Å². The first-order valence-electron chi connectivity index (χ1n) is 4.82. The van der Waals surface area contributed by atoms with Crippen LogP contribution in [-0.4, -0.2) is 9.55 Å². The van der Waals surface area contributed by atoms with Crippen molar-refractivity contribution in [3.8, 4) is 0 Å². The van der Waals surface area contributed by atoms with E-state index in [-0.39, 0.29) is 5.54 Å². The lowest BCUT2D eigenvalue weighted by Crippen LogP contribution is -2.28. The van der Waals surface area contributed by atoms with E-state index in [1.807, 2.05) is 19.3 Å². The van der Waals surface area contributed by atoms with E-state index < -0.39 is 0 Å². The maximum absolute atomic E-state index is 4.41. The van der Waals surface area contributed by atoms with Gasteiger partial charge in [-0.15, -0.1) is 0 Å². The second-order valence-electron chi connectivity index (χ2n) is 4.61. The highest BCUT2D eigenvalue weighted by Crippen LogP contribution is 2.18. The molecule has 0 saturated heterocycles. The van der Waals surface area contributed by atoms with Crippen molar-refractivity contribution in [2.75, 3.05) is 0 Å². The highest BCUT2D eigenvalue weighted by molar-refractivity contribution is 5.66. The lowest BCUT2D eigenvalue weighted by atomic mass is 10.1. The zero-order valence-electron chi connectivity index (χ0n) is 9.15. The maximum atomic E-state index is 4.41. The van der Waals surface area contributed by atoms with Crippen LogP contribution in [0.2, 0.25) is 0 Å². The summed E-state index contributed by atoms with van der Waals surface area (Å²) in [5.41, 5.74) is 2.29. The summed E-state index contributed by atoms with van der Waals surface area (Å²) in [7, 11) is 2.05. The van der Waals surface area contributed by atoms with Crippen molar-refractivity contribution in [2.24, 2.45) is 7.05 Å². The van der Waals surface area contributed by atoms with Crippen LogP contribution in [0.3, 0.4) is 0 Å². The Labute approximate surface area is 84.0 Å². The Morgan fingerprint density at radius 2 is 2.07 bits per heavy atom. The molecule has 0 aromatic carbocycles. The number of hydrogen-bond acceptors (Lipinski definition) is 1. The lowest BCUT2D eigenvalue weighted by molar-refractivity contribution is -0.646. The molecule has 0 radical (unpaired) electrons. The Morgan fingerprint density at radius 3 is 2.71 bits per heavy atom. The van der Waals surface area contributed by atoms with E-state index in [2.05, 4.69) is 47.3 Å². The molecule has 14 heavy (non-hydrogen) atoms. The van der Waals surface area contributed by atoms with Crippen LogP contribution in [-0.2, 0) is 12.6 Å². The highest BCUT2D eigenvalue weighted by atomic mass is 15.2. The van der Waals surface area contributed by atoms with Crippen molar-refractivity contribution in [3.05, 3.63) is 24.7 Å². The Kier molecular flexibility index (Phi) is 1.84. The molecule has 0 bridgehead atoms. The Hall–Kier alpha value is -1.38. The van der Waals surface area contributed by atoms with Gasteiger partial charge in [0.2, 0.25) is 6.33 Å². The number of aryl methyl sites for hydroxylation is 1. The molecule has 0 spiro atoms. The molecule has 0 aliphatic carbocycles. The molecule has 0 aliphatic rings. The van der Waals surface area contributed by atoms with Crippen molar-refractivity contribution in [2.45, 2.75) is 26.3 Å². The van der Waals surface area contributed by atoms with Crippen molar-refractivity contribution in [1.29, 1.82) is 0 Å². The maximum Gasteiger partial charge on any atom is 0.268 e. The minimum Gasteiger partial charge on any atom is -0.231 e. The molecule has 3 nitrogen and oxygen atoms in total. The number of aromatic nitrogens is 3. The van der Waals surface area contributed by atoms with Gasteiger partial charge in [-0.05, 0) is 32.9 Å². The average molecular weight is 190 g/mol. The molecule has 0 unspecified atom stereocenters. The zero-order valence-corrected chi connectivity index (χ0v) is 9.15. The summed E-state index contributed by atoms with van der Waals surface area (Å²) in [4.78, 5) is 4.41. The summed E-state index contributed by atoms with van der Waals surface area (Å²) in [5.74, 6) is 0. The van der Waals surface area contributed by atoms with Crippen LogP contribution >= 0.6 is 0 Å². The summed E-state index contributed by atoms with van der Waals surface area (Å²) in [5, 5.41) is 0. The molecule has 2 heterocycles. The van der Waals surface area contributed by atoms with Gasteiger partial charge < -0.3 is 0 Å². The number of hydrogen-bond donors (Lipinski definition) is 0. The van der Waals surface area contributed by atoms with Gasteiger partial charge in [0.25, 0.3) is 5.65 Å². The third-order valence-electron chi connectivity index (χ3n) is 2.39. The zero-order chi connectivity index (χ0) is 10.3. The molecule has 0 N–H and O–H groups in total. The second-order valence-corrected chi connectivity index (χ2v) is 4.61. The first-order chi connectivity index (χ1) is 6.50. The first-order valence-corrected chi connectivity index (χ1v) is 4.82. The molecule has 3 heteroatoms. The quantitative estimate of drug-likeness (QED) is 0.578. The number of rotatable bonds is 0. The van der Waals surface area contributed by atoms with E-state index in [9.17, 15) is 0 Å². The van der Waals surface area contributed by atoms with E-state index in [0.717, 1.165) is 5.65 Å². The molecule has 0 aliphatic heterocycles. The van der Waals surface area contributed by atoms with Crippen molar-refractivity contribution >= 4 is 11.2 Å². The van der Waals surface area contributed by atoms with Gasteiger partial charge in [-0.2, -0.15) is 0 Å². The third kappa shape index (κ3) is 1.29. The van der Waals surface area contributed by atoms with Crippen LogP contribution in [0, 0.1) is 0 Å². The van der Waals surface area contributed by atoms with Gasteiger partial charge >= 0.3 is 0 Å². The molecular weight excluding hydrogens is 174 g/mol. The molecule has 0 amide bonds. The lowest BCUT2D eigenvalue weighted by Gasteiger charge is -2.13. The molecule has 2 aromatic heterocycles. The van der Waals surface area contributed by atoms with Crippen LogP contribution in [0.25, 0.3) is 11.2 Å². The smallest absolute Gasteiger partial charge is 0.231 e.